The van der Waals surface area contributed by atoms with Crippen LogP contribution in [0.4, 0.5) is 17.3 Å². The number of hydrogen-bond acceptors (Lipinski definition) is 7. The van der Waals surface area contributed by atoms with Crippen molar-refractivity contribution >= 4 is 17.3 Å². The zero-order valence-corrected chi connectivity index (χ0v) is 9.79. The summed E-state index contributed by atoms with van der Waals surface area (Å²) in [6.07, 6.45) is 1.22. The van der Waals surface area contributed by atoms with Gasteiger partial charge in [0.1, 0.15) is 6.33 Å². The van der Waals surface area contributed by atoms with Gasteiger partial charge in [0.2, 0.25) is 11.6 Å². The minimum absolute atomic E-state index is 0.129. The van der Waals surface area contributed by atoms with Crippen LogP contribution < -0.4 is 10.6 Å². The molecule has 0 amide bonds. The van der Waals surface area contributed by atoms with Gasteiger partial charge in [0.15, 0.2) is 0 Å². The SMILES string of the molecule is CCN(CCOC)c1ncnc(N)c1[N+](=O)[O-]. The van der Waals surface area contributed by atoms with Crippen molar-refractivity contribution in [2.75, 3.05) is 37.4 Å². The number of ether oxygens (including phenoxy) is 1. The zero-order valence-electron chi connectivity index (χ0n) is 9.79. The van der Waals surface area contributed by atoms with Crippen molar-refractivity contribution in [1.29, 1.82) is 0 Å². The summed E-state index contributed by atoms with van der Waals surface area (Å²) in [6, 6.07) is 0. The first-order valence-corrected chi connectivity index (χ1v) is 5.10. The second-order valence-electron chi connectivity index (χ2n) is 3.26. The van der Waals surface area contributed by atoms with Gasteiger partial charge in [0.25, 0.3) is 0 Å². The van der Waals surface area contributed by atoms with E-state index in [0.29, 0.717) is 19.7 Å². The molecule has 8 heteroatoms. The van der Waals surface area contributed by atoms with Gasteiger partial charge in [-0.05, 0) is 6.92 Å². The third-order valence-electron chi connectivity index (χ3n) is 2.26. The molecule has 0 unspecified atom stereocenters. The Morgan fingerprint density at radius 2 is 2.29 bits per heavy atom. The highest BCUT2D eigenvalue weighted by Crippen LogP contribution is 2.29. The normalized spacial score (nSPS) is 10.2. The van der Waals surface area contributed by atoms with Crippen LogP contribution in [-0.2, 0) is 4.74 Å². The maximum absolute atomic E-state index is 10.9. The number of hydrogen-bond donors (Lipinski definition) is 1. The number of nitrogens with zero attached hydrogens (tertiary/aromatic N) is 4. The number of methoxy groups -OCH3 is 1. The molecular weight excluding hydrogens is 226 g/mol. The molecule has 0 bridgehead atoms. The predicted molar refractivity (Wildman–Crippen MR) is 62.9 cm³/mol. The van der Waals surface area contributed by atoms with Crippen molar-refractivity contribution in [1.82, 2.24) is 9.97 Å². The Bertz CT molecular complexity index is 398. The van der Waals surface area contributed by atoms with Crippen LogP contribution in [-0.4, -0.2) is 41.7 Å². The van der Waals surface area contributed by atoms with E-state index < -0.39 is 4.92 Å². The average molecular weight is 241 g/mol. The molecule has 0 aliphatic carbocycles. The minimum atomic E-state index is -0.569. The lowest BCUT2D eigenvalue weighted by Gasteiger charge is -2.20. The molecule has 0 aromatic carbocycles. The predicted octanol–water partition coefficient (Wildman–Crippen LogP) is 0.440. The number of likely N-dealkylation sites (N-methyl/N-ethyl adjacent to an activating group) is 1. The van der Waals surface area contributed by atoms with E-state index in [1.807, 2.05) is 6.92 Å². The molecule has 1 heterocycles. The molecule has 0 saturated carbocycles. The highest BCUT2D eigenvalue weighted by molar-refractivity contribution is 5.68. The van der Waals surface area contributed by atoms with E-state index in [9.17, 15) is 10.1 Å². The molecule has 94 valence electrons. The summed E-state index contributed by atoms with van der Waals surface area (Å²) in [4.78, 5) is 19.6. The van der Waals surface area contributed by atoms with E-state index in [1.165, 1.54) is 6.33 Å². The summed E-state index contributed by atoms with van der Waals surface area (Å²) < 4.78 is 4.94. The Hall–Kier alpha value is -1.96. The van der Waals surface area contributed by atoms with Gasteiger partial charge in [-0.15, -0.1) is 0 Å². The number of nitrogen functional groups attached to an aromatic ring is 1. The number of anilines is 2. The van der Waals surface area contributed by atoms with Crippen molar-refractivity contribution in [3.8, 4) is 0 Å². The van der Waals surface area contributed by atoms with E-state index in [1.54, 1.807) is 12.0 Å². The van der Waals surface area contributed by atoms with Crippen LogP contribution >= 0.6 is 0 Å². The van der Waals surface area contributed by atoms with Crippen LogP contribution in [0.1, 0.15) is 6.92 Å². The standard InChI is InChI=1S/C9H15N5O3/c1-3-13(4-5-17-2)9-7(14(15)16)8(10)11-6-12-9/h6H,3-5H2,1-2H3,(H2,10,11,12). The Balaban J connectivity index is 3.09. The van der Waals surface area contributed by atoms with Gasteiger partial charge in [0, 0.05) is 20.2 Å². The third kappa shape index (κ3) is 3.00. The molecule has 2 N–H and O–H groups in total. The highest BCUT2D eigenvalue weighted by Gasteiger charge is 2.24. The number of rotatable bonds is 6. The number of nitro groups is 1. The summed E-state index contributed by atoms with van der Waals surface area (Å²) in [5, 5.41) is 10.9. The van der Waals surface area contributed by atoms with Crippen LogP contribution in [0.2, 0.25) is 0 Å². The fourth-order valence-corrected chi connectivity index (χ4v) is 1.40. The maximum atomic E-state index is 10.9. The second-order valence-corrected chi connectivity index (χ2v) is 3.26. The average Bonchev–Trinajstić information content (AvgIpc) is 2.29. The van der Waals surface area contributed by atoms with Crippen molar-refractivity contribution in [2.24, 2.45) is 0 Å². The van der Waals surface area contributed by atoms with Gasteiger partial charge >= 0.3 is 5.69 Å². The Morgan fingerprint density at radius 1 is 1.59 bits per heavy atom. The van der Waals surface area contributed by atoms with Gasteiger partial charge in [0.05, 0.1) is 11.5 Å². The molecule has 8 nitrogen and oxygen atoms in total. The molecule has 0 atom stereocenters. The lowest BCUT2D eigenvalue weighted by Crippen LogP contribution is -2.28. The third-order valence-corrected chi connectivity index (χ3v) is 2.26. The van der Waals surface area contributed by atoms with Crippen LogP contribution in [0.25, 0.3) is 0 Å². The second kappa shape index (κ2) is 5.94. The largest absolute Gasteiger partial charge is 0.383 e. The molecule has 0 aliphatic rings. The molecule has 0 radical (unpaired) electrons. The maximum Gasteiger partial charge on any atom is 0.353 e. The molecule has 17 heavy (non-hydrogen) atoms. The van der Waals surface area contributed by atoms with Gasteiger partial charge in [-0.3, -0.25) is 10.1 Å². The van der Waals surface area contributed by atoms with Crippen molar-refractivity contribution < 1.29 is 9.66 Å². The molecule has 1 aromatic rings. The Labute approximate surface area is 98.6 Å². The molecule has 0 spiro atoms. The number of aromatic nitrogens is 2. The van der Waals surface area contributed by atoms with Crippen LogP contribution in [0.3, 0.4) is 0 Å². The first kappa shape index (κ1) is 13.1. The van der Waals surface area contributed by atoms with Crippen LogP contribution in [0.5, 0.6) is 0 Å². The monoisotopic (exact) mass is 241 g/mol. The van der Waals surface area contributed by atoms with Gasteiger partial charge in [-0.1, -0.05) is 0 Å². The summed E-state index contributed by atoms with van der Waals surface area (Å²) in [7, 11) is 1.57. The van der Waals surface area contributed by atoms with E-state index in [0.717, 1.165) is 0 Å². The smallest absolute Gasteiger partial charge is 0.353 e. The van der Waals surface area contributed by atoms with E-state index in [4.69, 9.17) is 10.5 Å². The van der Waals surface area contributed by atoms with Gasteiger partial charge < -0.3 is 15.4 Å². The molecule has 1 aromatic heterocycles. The molecule has 0 aliphatic heterocycles. The van der Waals surface area contributed by atoms with Crippen molar-refractivity contribution in [2.45, 2.75) is 6.92 Å². The zero-order chi connectivity index (χ0) is 12.8. The molecular formula is C9H15N5O3. The van der Waals surface area contributed by atoms with Crippen molar-refractivity contribution in [3.05, 3.63) is 16.4 Å². The minimum Gasteiger partial charge on any atom is -0.383 e. The summed E-state index contributed by atoms with van der Waals surface area (Å²) in [5.74, 6) is 0.0953. The Kier molecular flexibility index (Phi) is 4.58. The molecule has 0 saturated heterocycles. The molecule has 1 rings (SSSR count). The van der Waals surface area contributed by atoms with E-state index in [-0.39, 0.29) is 17.3 Å². The quantitative estimate of drug-likeness (QED) is 0.568. The fourth-order valence-electron chi connectivity index (χ4n) is 1.40. The first-order chi connectivity index (χ1) is 8.11. The van der Waals surface area contributed by atoms with Crippen LogP contribution in [0.15, 0.2) is 6.33 Å². The number of nitrogens with two attached hydrogens (primary N) is 1. The topological polar surface area (TPSA) is 107 Å². The van der Waals surface area contributed by atoms with E-state index >= 15 is 0 Å². The summed E-state index contributed by atoms with van der Waals surface area (Å²) >= 11 is 0. The van der Waals surface area contributed by atoms with Crippen molar-refractivity contribution in [3.63, 3.8) is 0 Å². The first-order valence-electron chi connectivity index (χ1n) is 5.10. The molecule has 0 fully saturated rings. The van der Waals surface area contributed by atoms with E-state index in [2.05, 4.69) is 9.97 Å². The lowest BCUT2D eigenvalue weighted by molar-refractivity contribution is -0.383. The summed E-state index contributed by atoms with van der Waals surface area (Å²) in [6.45, 7) is 3.40. The fraction of sp³-hybridized carbons (Fsp3) is 0.556. The Morgan fingerprint density at radius 3 is 2.82 bits per heavy atom. The lowest BCUT2D eigenvalue weighted by atomic mass is 10.3. The summed E-state index contributed by atoms with van der Waals surface area (Å²) in [5.41, 5.74) is 5.23. The highest BCUT2D eigenvalue weighted by atomic mass is 16.6. The van der Waals surface area contributed by atoms with Crippen LogP contribution in [0, 0.1) is 10.1 Å². The van der Waals surface area contributed by atoms with Gasteiger partial charge in [-0.25, -0.2) is 9.97 Å². The van der Waals surface area contributed by atoms with Gasteiger partial charge in [-0.2, -0.15) is 0 Å².